The Morgan fingerprint density at radius 3 is 2.42 bits per heavy atom. The fourth-order valence-electron chi connectivity index (χ4n) is 3.74. The lowest BCUT2D eigenvalue weighted by Crippen LogP contribution is -2.30. The normalized spacial score (nSPS) is 16.0. The molecular weight excluding hydrogens is 398 g/mol. The second-order valence-corrected chi connectivity index (χ2v) is 7.00. The lowest BCUT2D eigenvalue weighted by atomic mass is 9.94. The number of methoxy groups -OCH3 is 2. The van der Waals surface area contributed by atoms with Crippen molar-refractivity contribution in [1.82, 2.24) is 4.90 Å². The minimum absolute atomic E-state index is 0.0388. The molecule has 1 aliphatic heterocycles. The van der Waals surface area contributed by atoms with Gasteiger partial charge in [-0.3, -0.25) is 9.59 Å². The monoisotopic (exact) mass is 419 g/mol. The summed E-state index contributed by atoms with van der Waals surface area (Å²) in [5.41, 5.74) is 1.42. The van der Waals surface area contributed by atoms with Crippen LogP contribution in [0.2, 0.25) is 0 Å². The van der Waals surface area contributed by atoms with Gasteiger partial charge in [-0.05, 0) is 35.4 Å². The summed E-state index contributed by atoms with van der Waals surface area (Å²) < 4.78 is 15.9. The van der Waals surface area contributed by atoms with Gasteiger partial charge in [0.25, 0.3) is 5.91 Å². The van der Waals surface area contributed by atoms with Gasteiger partial charge in [-0.15, -0.1) is 0 Å². The number of hydrogen-bond donors (Lipinski definition) is 1. The molecule has 1 N–H and O–H groups in total. The van der Waals surface area contributed by atoms with E-state index in [2.05, 4.69) is 0 Å². The largest absolute Gasteiger partial charge is 0.503 e. The Bertz CT molecular complexity index is 1130. The average Bonchev–Trinajstić information content (AvgIpc) is 3.42. The average molecular weight is 419 g/mol. The maximum absolute atomic E-state index is 13.2. The number of carbonyl (C=O) groups excluding carboxylic acids is 2. The molecule has 1 amide bonds. The third-order valence-electron chi connectivity index (χ3n) is 5.21. The van der Waals surface area contributed by atoms with Gasteiger partial charge >= 0.3 is 0 Å². The standard InChI is InChI=1S/C24H21NO6/c1-29-17-11-10-16(13-19(17)30-2)21-20(22(26)18-9-6-12-31-18)23(27)24(28)25(21)14-15-7-4-3-5-8-15/h3-13,21,27H,14H2,1-2H3/t21-/m0/s1. The number of hydrogen-bond acceptors (Lipinski definition) is 6. The van der Waals surface area contributed by atoms with Gasteiger partial charge in [0.2, 0.25) is 5.78 Å². The van der Waals surface area contributed by atoms with Crippen LogP contribution in [0.4, 0.5) is 0 Å². The topological polar surface area (TPSA) is 89.2 Å². The summed E-state index contributed by atoms with van der Waals surface area (Å²) in [5, 5.41) is 10.7. The highest BCUT2D eigenvalue weighted by Crippen LogP contribution is 2.42. The summed E-state index contributed by atoms with van der Waals surface area (Å²) >= 11 is 0. The first-order chi connectivity index (χ1) is 15.0. The Balaban J connectivity index is 1.83. The van der Waals surface area contributed by atoms with Crippen LogP contribution in [0.5, 0.6) is 11.5 Å². The molecule has 7 nitrogen and oxygen atoms in total. The Kier molecular flexibility index (Phi) is 5.49. The lowest BCUT2D eigenvalue weighted by Gasteiger charge is -2.27. The van der Waals surface area contributed by atoms with Crippen LogP contribution >= 0.6 is 0 Å². The summed E-state index contributed by atoms with van der Waals surface area (Å²) in [6.45, 7) is 0.206. The molecule has 7 heteroatoms. The molecule has 0 bridgehead atoms. The quantitative estimate of drug-likeness (QED) is 0.581. The third kappa shape index (κ3) is 3.66. The molecule has 0 aliphatic carbocycles. The van der Waals surface area contributed by atoms with E-state index in [4.69, 9.17) is 13.9 Å². The van der Waals surface area contributed by atoms with Crippen molar-refractivity contribution in [2.75, 3.05) is 14.2 Å². The van der Waals surface area contributed by atoms with Gasteiger partial charge in [0.05, 0.1) is 32.1 Å². The Morgan fingerprint density at radius 1 is 1.03 bits per heavy atom. The number of benzene rings is 2. The maximum Gasteiger partial charge on any atom is 0.290 e. The molecule has 0 spiro atoms. The summed E-state index contributed by atoms with van der Waals surface area (Å²) in [4.78, 5) is 27.7. The molecule has 0 fully saturated rings. The van der Waals surface area contributed by atoms with E-state index in [0.717, 1.165) is 5.56 Å². The molecule has 4 rings (SSSR count). The zero-order chi connectivity index (χ0) is 22.0. The number of Topliss-reactive ketones (excluding diaryl/α,β-unsaturated/α-hetero) is 1. The molecule has 2 aromatic carbocycles. The predicted octanol–water partition coefficient (Wildman–Crippen LogP) is 4.08. The number of carbonyl (C=O) groups is 2. The van der Waals surface area contributed by atoms with E-state index in [1.807, 2.05) is 30.3 Å². The first kappa shape index (κ1) is 20.3. The molecule has 3 aromatic rings. The number of amides is 1. The molecule has 0 radical (unpaired) electrons. The van der Waals surface area contributed by atoms with Crippen LogP contribution in [-0.2, 0) is 11.3 Å². The van der Waals surface area contributed by atoms with Gasteiger partial charge < -0.3 is 23.9 Å². The number of furan rings is 1. The zero-order valence-corrected chi connectivity index (χ0v) is 17.1. The lowest BCUT2D eigenvalue weighted by molar-refractivity contribution is -0.130. The molecular formula is C24H21NO6. The van der Waals surface area contributed by atoms with E-state index in [0.29, 0.717) is 17.1 Å². The molecule has 0 saturated heterocycles. The van der Waals surface area contributed by atoms with Crippen molar-refractivity contribution >= 4 is 11.7 Å². The highest BCUT2D eigenvalue weighted by molar-refractivity contribution is 6.15. The molecule has 1 atom stereocenters. The highest BCUT2D eigenvalue weighted by atomic mass is 16.5. The number of ketones is 1. The van der Waals surface area contributed by atoms with E-state index in [1.54, 1.807) is 24.3 Å². The first-order valence-electron chi connectivity index (χ1n) is 9.63. The third-order valence-corrected chi connectivity index (χ3v) is 5.21. The fourth-order valence-corrected chi connectivity index (χ4v) is 3.74. The van der Waals surface area contributed by atoms with Crippen molar-refractivity contribution in [3.8, 4) is 11.5 Å². The minimum atomic E-state index is -0.829. The SMILES string of the molecule is COc1ccc([C@H]2C(C(=O)c3ccco3)=C(O)C(=O)N2Cc2ccccc2)cc1OC. The van der Waals surface area contributed by atoms with Crippen LogP contribution in [0.1, 0.15) is 27.7 Å². The minimum Gasteiger partial charge on any atom is -0.503 e. The smallest absolute Gasteiger partial charge is 0.290 e. The van der Waals surface area contributed by atoms with Gasteiger partial charge in [0, 0.05) is 6.54 Å². The highest BCUT2D eigenvalue weighted by Gasteiger charge is 2.44. The zero-order valence-electron chi connectivity index (χ0n) is 17.1. The number of ether oxygens (including phenoxy) is 2. The molecule has 0 unspecified atom stereocenters. The van der Waals surface area contributed by atoms with E-state index in [-0.39, 0.29) is 17.9 Å². The number of aliphatic hydroxyl groups is 1. The molecule has 2 heterocycles. The van der Waals surface area contributed by atoms with Crippen LogP contribution in [0.3, 0.4) is 0 Å². The fraction of sp³-hybridized carbons (Fsp3) is 0.167. The Hall–Kier alpha value is -4.00. The van der Waals surface area contributed by atoms with Crippen LogP contribution in [0.25, 0.3) is 0 Å². The van der Waals surface area contributed by atoms with E-state index in [9.17, 15) is 14.7 Å². The van der Waals surface area contributed by atoms with Crippen LogP contribution in [0.15, 0.2) is 82.7 Å². The second-order valence-electron chi connectivity index (χ2n) is 7.00. The Morgan fingerprint density at radius 2 is 1.77 bits per heavy atom. The van der Waals surface area contributed by atoms with Gasteiger partial charge in [-0.1, -0.05) is 36.4 Å². The van der Waals surface area contributed by atoms with Crippen LogP contribution in [0, 0.1) is 0 Å². The van der Waals surface area contributed by atoms with Crippen molar-refractivity contribution in [3.63, 3.8) is 0 Å². The second kappa shape index (κ2) is 8.39. The van der Waals surface area contributed by atoms with Crippen molar-refractivity contribution in [1.29, 1.82) is 0 Å². The summed E-state index contributed by atoms with van der Waals surface area (Å²) in [7, 11) is 3.03. The van der Waals surface area contributed by atoms with Crippen LogP contribution in [-0.4, -0.2) is 35.9 Å². The predicted molar refractivity (Wildman–Crippen MR) is 112 cm³/mol. The van der Waals surface area contributed by atoms with Gasteiger partial charge in [0.1, 0.15) is 0 Å². The number of nitrogens with zero attached hydrogens (tertiary/aromatic N) is 1. The maximum atomic E-state index is 13.2. The van der Waals surface area contributed by atoms with Crippen molar-refractivity contribution in [2.24, 2.45) is 0 Å². The summed E-state index contributed by atoms with van der Waals surface area (Å²) in [6, 6.07) is 16.7. The van der Waals surface area contributed by atoms with E-state index >= 15 is 0 Å². The summed E-state index contributed by atoms with van der Waals surface area (Å²) in [6.07, 6.45) is 1.37. The number of aliphatic hydroxyl groups excluding tert-OH is 1. The van der Waals surface area contributed by atoms with E-state index in [1.165, 1.54) is 31.4 Å². The molecule has 0 saturated carbocycles. The van der Waals surface area contributed by atoms with Gasteiger partial charge in [-0.25, -0.2) is 0 Å². The molecule has 1 aromatic heterocycles. The molecule has 1 aliphatic rings. The van der Waals surface area contributed by atoms with Gasteiger partial charge in [0.15, 0.2) is 23.0 Å². The number of rotatable bonds is 7. The van der Waals surface area contributed by atoms with Crippen molar-refractivity contribution in [2.45, 2.75) is 12.6 Å². The van der Waals surface area contributed by atoms with Gasteiger partial charge in [-0.2, -0.15) is 0 Å². The van der Waals surface area contributed by atoms with Crippen molar-refractivity contribution < 1.29 is 28.6 Å². The van der Waals surface area contributed by atoms with Crippen LogP contribution < -0.4 is 9.47 Å². The van der Waals surface area contributed by atoms with E-state index < -0.39 is 23.5 Å². The molecule has 31 heavy (non-hydrogen) atoms. The first-order valence-corrected chi connectivity index (χ1v) is 9.63. The molecule has 158 valence electrons. The Labute approximate surface area is 179 Å². The summed E-state index contributed by atoms with van der Waals surface area (Å²) in [5.74, 6) is -0.760. The van der Waals surface area contributed by atoms with Crippen molar-refractivity contribution in [3.05, 3.63) is 95.1 Å².